The molecule has 1 aliphatic rings. The van der Waals surface area contributed by atoms with E-state index in [1.807, 2.05) is 12.1 Å². The van der Waals surface area contributed by atoms with Gasteiger partial charge in [0.25, 0.3) is 0 Å². The summed E-state index contributed by atoms with van der Waals surface area (Å²) in [6.45, 7) is 2.27. The van der Waals surface area contributed by atoms with Gasteiger partial charge in [0.1, 0.15) is 5.75 Å². The predicted molar refractivity (Wildman–Crippen MR) is 87.8 cm³/mol. The minimum Gasteiger partial charge on any atom is -0.497 e. The van der Waals surface area contributed by atoms with Crippen LogP contribution >= 0.6 is 0 Å². The Morgan fingerprint density at radius 1 is 1.00 bits per heavy atom. The van der Waals surface area contributed by atoms with Gasteiger partial charge in [0.15, 0.2) is 0 Å². The number of hydrogen-bond donors (Lipinski definition) is 1. The van der Waals surface area contributed by atoms with Crippen LogP contribution in [0, 0.1) is 0 Å². The van der Waals surface area contributed by atoms with Crippen LogP contribution in [0.3, 0.4) is 0 Å². The van der Waals surface area contributed by atoms with Crippen molar-refractivity contribution in [2.45, 2.75) is 38.3 Å². The van der Waals surface area contributed by atoms with E-state index < -0.39 is 0 Å². The molecule has 2 heteroatoms. The summed E-state index contributed by atoms with van der Waals surface area (Å²) in [6, 6.07) is 18.5. The molecule has 1 aliphatic carbocycles. The molecule has 21 heavy (non-hydrogen) atoms. The van der Waals surface area contributed by atoms with Crippen molar-refractivity contribution in [2.75, 3.05) is 7.11 Å². The largest absolute Gasteiger partial charge is 0.497 e. The van der Waals surface area contributed by atoms with Crippen LogP contribution in [0.1, 0.15) is 25.3 Å². The average molecular weight is 281 g/mol. The number of ether oxygens (including phenoxy) is 1. The number of hydrogen-bond acceptors (Lipinski definition) is 2. The van der Waals surface area contributed by atoms with Crippen LogP contribution in [-0.2, 0) is 6.42 Å². The summed E-state index contributed by atoms with van der Waals surface area (Å²) >= 11 is 0. The zero-order chi connectivity index (χ0) is 14.7. The fourth-order valence-corrected chi connectivity index (χ4v) is 2.68. The summed E-state index contributed by atoms with van der Waals surface area (Å²) in [5, 5.41) is 3.65. The van der Waals surface area contributed by atoms with Gasteiger partial charge < -0.3 is 10.1 Å². The minimum atomic E-state index is 0.560. The van der Waals surface area contributed by atoms with Gasteiger partial charge >= 0.3 is 0 Å². The second-order valence-corrected chi connectivity index (χ2v) is 5.97. The highest BCUT2D eigenvalue weighted by atomic mass is 16.5. The third-order valence-corrected chi connectivity index (χ3v) is 4.02. The Labute approximate surface area is 127 Å². The van der Waals surface area contributed by atoms with Gasteiger partial charge in [-0.2, -0.15) is 0 Å². The molecule has 0 aliphatic heterocycles. The van der Waals surface area contributed by atoms with Crippen LogP contribution in [0.5, 0.6) is 5.75 Å². The lowest BCUT2D eigenvalue weighted by molar-refractivity contribution is 0.415. The summed E-state index contributed by atoms with van der Waals surface area (Å²) in [6.07, 6.45) is 3.79. The van der Waals surface area contributed by atoms with Gasteiger partial charge in [0, 0.05) is 12.1 Å². The van der Waals surface area contributed by atoms with Gasteiger partial charge in [-0.25, -0.2) is 0 Å². The normalized spacial score (nSPS) is 15.7. The molecule has 2 aromatic carbocycles. The second-order valence-electron chi connectivity index (χ2n) is 5.97. The summed E-state index contributed by atoms with van der Waals surface area (Å²) in [5.74, 6) is 0.898. The van der Waals surface area contributed by atoms with Crippen molar-refractivity contribution >= 4 is 0 Å². The van der Waals surface area contributed by atoms with Crippen molar-refractivity contribution in [1.29, 1.82) is 0 Å². The van der Waals surface area contributed by atoms with Crippen LogP contribution < -0.4 is 10.1 Å². The van der Waals surface area contributed by atoms with Crippen molar-refractivity contribution in [3.8, 4) is 16.9 Å². The summed E-state index contributed by atoms with van der Waals surface area (Å²) in [7, 11) is 1.70. The molecule has 0 spiro atoms. The second kappa shape index (κ2) is 6.31. The smallest absolute Gasteiger partial charge is 0.118 e. The van der Waals surface area contributed by atoms with Crippen LogP contribution in [0.15, 0.2) is 48.5 Å². The van der Waals surface area contributed by atoms with Crippen LogP contribution in [0.2, 0.25) is 0 Å². The lowest BCUT2D eigenvalue weighted by atomic mass is 10.0. The molecule has 110 valence electrons. The molecule has 0 saturated heterocycles. The topological polar surface area (TPSA) is 21.3 Å². The first-order chi connectivity index (χ1) is 10.2. The van der Waals surface area contributed by atoms with E-state index in [0.29, 0.717) is 6.04 Å². The third kappa shape index (κ3) is 3.85. The number of rotatable bonds is 6. The Morgan fingerprint density at radius 3 is 2.10 bits per heavy atom. The highest BCUT2D eigenvalue weighted by Crippen LogP contribution is 2.23. The fourth-order valence-electron chi connectivity index (χ4n) is 2.68. The summed E-state index contributed by atoms with van der Waals surface area (Å²) in [4.78, 5) is 0. The predicted octanol–water partition coefficient (Wildman–Crippen LogP) is 4.05. The lowest BCUT2D eigenvalue weighted by Gasteiger charge is -2.13. The number of methoxy groups -OCH3 is 1. The molecule has 1 N–H and O–H groups in total. The highest BCUT2D eigenvalue weighted by Gasteiger charge is 2.22. The molecule has 3 rings (SSSR count). The number of nitrogens with one attached hydrogen (secondary N) is 1. The Morgan fingerprint density at radius 2 is 1.57 bits per heavy atom. The Bertz CT molecular complexity index is 570. The van der Waals surface area contributed by atoms with E-state index in [2.05, 4.69) is 48.6 Å². The Balaban J connectivity index is 1.64. The quantitative estimate of drug-likeness (QED) is 0.862. The molecular weight excluding hydrogens is 258 g/mol. The molecule has 1 fully saturated rings. The van der Waals surface area contributed by atoms with E-state index in [1.165, 1.54) is 29.5 Å². The SMILES string of the molecule is COc1ccc(-c2ccc(CC(C)NC3CC3)cc2)cc1. The van der Waals surface area contributed by atoms with Crippen molar-refractivity contribution < 1.29 is 4.74 Å². The Hall–Kier alpha value is -1.80. The van der Waals surface area contributed by atoms with Crippen molar-refractivity contribution in [2.24, 2.45) is 0 Å². The standard InChI is InChI=1S/C19H23NO/c1-14(20-18-9-10-18)13-15-3-5-16(6-4-15)17-7-11-19(21-2)12-8-17/h3-8,11-12,14,18,20H,9-10,13H2,1-2H3. The van der Waals surface area contributed by atoms with Crippen molar-refractivity contribution in [1.82, 2.24) is 5.32 Å². The maximum atomic E-state index is 5.20. The average Bonchev–Trinajstić information content (AvgIpc) is 3.32. The van der Waals surface area contributed by atoms with Gasteiger partial charge in [0.2, 0.25) is 0 Å². The highest BCUT2D eigenvalue weighted by molar-refractivity contribution is 5.64. The van der Waals surface area contributed by atoms with Gasteiger partial charge in [0.05, 0.1) is 7.11 Å². The molecule has 0 bridgehead atoms. The van der Waals surface area contributed by atoms with Gasteiger partial charge in [-0.05, 0) is 55.0 Å². The molecule has 2 aromatic rings. The van der Waals surface area contributed by atoms with Crippen molar-refractivity contribution in [3.63, 3.8) is 0 Å². The first kappa shape index (κ1) is 14.2. The molecule has 1 unspecified atom stereocenters. The molecule has 0 radical (unpaired) electrons. The zero-order valence-electron chi connectivity index (χ0n) is 12.8. The monoisotopic (exact) mass is 281 g/mol. The number of benzene rings is 2. The lowest BCUT2D eigenvalue weighted by Crippen LogP contribution is -2.29. The van der Waals surface area contributed by atoms with Crippen LogP contribution in [0.4, 0.5) is 0 Å². The van der Waals surface area contributed by atoms with E-state index in [1.54, 1.807) is 7.11 Å². The molecule has 2 nitrogen and oxygen atoms in total. The van der Waals surface area contributed by atoms with E-state index in [9.17, 15) is 0 Å². The molecule has 0 amide bonds. The summed E-state index contributed by atoms with van der Waals surface area (Å²) < 4.78 is 5.20. The minimum absolute atomic E-state index is 0.560. The van der Waals surface area contributed by atoms with Crippen LogP contribution in [-0.4, -0.2) is 19.2 Å². The maximum absolute atomic E-state index is 5.20. The maximum Gasteiger partial charge on any atom is 0.118 e. The van der Waals surface area contributed by atoms with E-state index in [-0.39, 0.29) is 0 Å². The molecular formula is C19H23NO. The van der Waals surface area contributed by atoms with Crippen molar-refractivity contribution in [3.05, 3.63) is 54.1 Å². The van der Waals surface area contributed by atoms with E-state index >= 15 is 0 Å². The summed E-state index contributed by atoms with van der Waals surface area (Å²) in [5.41, 5.74) is 3.88. The molecule has 0 heterocycles. The third-order valence-electron chi connectivity index (χ3n) is 4.02. The first-order valence-corrected chi connectivity index (χ1v) is 7.74. The zero-order valence-corrected chi connectivity index (χ0v) is 12.8. The van der Waals surface area contributed by atoms with Crippen LogP contribution in [0.25, 0.3) is 11.1 Å². The van der Waals surface area contributed by atoms with E-state index in [0.717, 1.165) is 18.2 Å². The van der Waals surface area contributed by atoms with Gasteiger partial charge in [-0.1, -0.05) is 36.4 Å². The fraction of sp³-hybridized carbons (Fsp3) is 0.368. The van der Waals surface area contributed by atoms with Gasteiger partial charge in [-0.3, -0.25) is 0 Å². The Kier molecular flexibility index (Phi) is 4.26. The van der Waals surface area contributed by atoms with E-state index in [4.69, 9.17) is 4.74 Å². The van der Waals surface area contributed by atoms with Gasteiger partial charge in [-0.15, -0.1) is 0 Å². The first-order valence-electron chi connectivity index (χ1n) is 7.74. The molecule has 1 saturated carbocycles. The molecule has 0 aromatic heterocycles. The molecule has 1 atom stereocenters.